The first-order chi connectivity index (χ1) is 11.4. The van der Waals surface area contributed by atoms with Crippen LogP contribution in [0.5, 0.6) is 0 Å². The summed E-state index contributed by atoms with van der Waals surface area (Å²) in [5.41, 5.74) is 4.70. The second-order valence-corrected chi connectivity index (χ2v) is 5.41. The molecule has 0 aliphatic heterocycles. The molecule has 0 aliphatic rings. The lowest BCUT2D eigenvalue weighted by Crippen LogP contribution is -1.88. The highest BCUT2D eigenvalue weighted by Gasteiger charge is 2.11. The number of hydrogen-bond donors (Lipinski definition) is 0. The summed E-state index contributed by atoms with van der Waals surface area (Å²) in [7, 11) is 0. The Hall–Kier alpha value is -3.27. The Morgan fingerprint density at radius 1 is 0.696 bits per heavy atom. The highest BCUT2D eigenvalue weighted by molar-refractivity contribution is 6.00. The molecule has 4 heteroatoms. The molecule has 0 spiro atoms. The molecule has 0 radical (unpaired) electrons. The summed E-state index contributed by atoms with van der Waals surface area (Å²) in [5.74, 6) is 0. The summed E-state index contributed by atoms with van der Waals surface area (Å²) in [5, 5.41) is 2.27. The van der Waals surface area contributed by atoms with Crippen molar-refractivity contribution in [2.24, 2.45) is 0 Å². The van der Waals surface area contributed by atoms with Gasteiger partial charge in [-0.3, -0.25) is 9.97 Å². The monoisotopic (exact) mass is 297 g/mol. The standard InChI is InChI=1S/C19H11N3O/c1-2-5-13-11-21-15(10-12(13)4-1)14-7-8-17-19(22-14)18-16(23-17)6-3-9-20-18/h1-11H. The van der Waals surface area contributed by atoms with E-state index in [1.807, 2.05) is 42.6 Å². The summed E-state index contributed by atoms with van der Waals surface area (Å²) < 4.78 is 5.77. The molecule has 0 unspecified atom stereocenters. The predicted molar refractivity (Wildman–Crippen MR) is 90.0 cm³/mol. The van der Waals surface area contributed by atoms with Gasteiger partial charge in [0.1, 0.15) is 11.0 Å². The molecule has 4 heterocycles. The van der Waals surface area contributed by atoms with Crippen molar-refractivity contribution in [3.63, 3.8) is 0 Å². The van der Waals surface area contributed by atoms with Crippen LogP contribution in [-0.4, -0.2) is 15.0 Å². The molecule has 0 N–H and O–H groups in total. The van der Waals surface area contributed by atoms with Gasteiger partial charge in [0.05, 0.1) is 11.4 Å². The summed E-state index contributed by atoms with van der Waals surface area (Å²) in [6.45, 7) is 0. The van der Waals surface area contributed by atoms with Crippen molar-refractivity contribution in [1.29, 1.82) is 0 Å². The van der Waals surface area contributed by atoms with Gasteiger partial charge in [-0.25, -0.2) is 4.98 Å². The van der Waals surface area contributed by atoms with E-state index in [0.29, 0.717) is 0 Å². The molecule has 4 nitrogen and oxygen atoms in total. The van der Waals surface area contributed by atoms with E-state index in [2.05, 4.69) is 28.2 Å². The minimum atomic E-state index is 0.739. The zero-order chi connectivity index (χ0) is 15.2. The molecule has 0 atom stereocenters. The Morgan fingerprint density at radius 3 is 2.52 bits per heavy atom. The van der Waals surface area contributed by atoms with Crippen LogP contribution in [0.2, 0.25) is 0 Å². The summed E-state index contributed by atoms with van der Waals surface area (Å²) in [6.07, 6.45) is 3.63. The first-order valence-electron chi connectivity index (χ1n) is 7.38. The van der Waals surface area contributed by atoms with Crippen molar-refractivity contribution in [1.82, 2.24) is 15.0 Å². The van der Waals surface area contributed by atoms with Crippen LogP contribution in [-0.2, 0) is 0 Å². The summed E-state index contributed by atoms with van der Waals surface area (Å²) in [6, 6.07) is 17.8. The van der Waals surface area contributed by atoms with Gasteiger partial charge in [0, 0.05) is 17.8 Å². The normalized spacial score (nSPS) is 11.5. The van der Waals surface area contributed by atoms with Crippen LogP contribution < -0.4 is 0 Å². The Kier molecular flexibility index (Phi) is 2.46. The number of nitrogens with zero attached hydrogens (tertiary/aromatic N) is 3. The SMILES string of the molecule is c1ccc2cc(-c3ccc4oc5cccnc5c4n3)ncc2c1. The fraction of sp³-hybridized carbons (Fsp3) is 0. The van der Waals surface area contributed by atoms with Gasteiger partial charge in [-0.1, -0.05) is 24.3 Å². The number of rotatable bonds is 1. The molecule has 0 saturated heterocycles. The lowest BCUT2D eigenvalue weighted by molar-refractivity contribution is 0.667. The van der Waals surface area contributed by atoms with Gasteiger partial charge >= 0.3 is 0 Å². The quantitative estimate of drug-likeness (QED) is 0.454. The Morgan fingerprint density at radius 2 is 1.57 bits per heavy atom. The molecule has 0 fully saturated rings. The number of furan rings is 1. The Balaban J connectivity index is 1.76. The second kappa shape index (κ2) is 4.61. The van der Waals surface area contributed by atoms with Gasteiger partial charge in [0.2, 0.25) is 0 Å². The molecular weight excluding hydrogens is 286 g/mol. The van der Waals surface area contributed by atoms with Crippen LogP contribution in [0.15, 0.2) is 71.4 Å². The largest absolute Gasteiger partial charge is 0.453 e. The van der Waals surface area contributed by atoms with Crippen LogP contribution in [0.3, 0.4) is 0 Å². The minimum Gasteiger partial charge on any atom is -0.453 e. The molecule has 0 amide bonds. The van der Waals surface area contributed by atoms with Gasteiger partial charge in [-0.2, -0.15) is 0 Å². The van der Waals surface area contributed by atoms with Crippen LogP contribution in [0, 0.1) is 0 Å². The fourth-order valence-electron chi connectivity index (χ4n) is 2.83. The molecule has 0 bridgehead atoms. The van der Waals surface area contributed by atoms with Crippen LogP contribution in [0.1, 0.15) is 0 Å². The predicted octanol–water partition coefficient (Wildman–Crippen LogP) is 4.59. The van der Waals surface area contributed by atoms with Gasteiger partial charge in [-0.05, 0) is 35.7 Å². The summed E-state index contributed by atoms with van der Waals surface area (Å²) >= 11 is 0. The average molecular weight is 297 g/mol. The third-order valence-electron chi connectivity index (χ3n) is 3.97. The lowest BCUT2D eigenvalue weighted by atomic mass is 10.1. The van der Waals surface area contributed by atoms with E-state index in [1.165, 1.54) is 0 Å². The van der Waals surface area contributed by atoms with E-state index in [-0.39, 0.29) is 0 Å². The van der Waals surface area contributed by atoms with Crippen molar-refractivity contribution in [3.8, 4) is 11.4 Å². The van der Waals surface area contributed by atoms with E-state index in [0.717, 1.165) is 44.4 Å². The van der Waals surface area contributed by atoms with Crippen molar-refractivity contribution in [2.45, 2.75) is 0 Å². The van der Waals surface area contributed by atoms with Gasteiger partial charge in [0.25, 0.3) is 0 Å². The third kappa shape index (κ3) is 1.89. The lowest BCUT2D eigenvalue weighted by Gasteiger charge is -2.02. The van der Waals surface area contributed by atoms with Gasteiger partial charge < -0.3 is 4.42 Å². The maximum Gasteiger partial charge on any atom is 0.155 e. The van der Waals surface area contributed by atoms with Crippen LogP contribution >= 0.6 is 0 Å². The topological polar surface area (TPSA) is 51.8 Å². The number of fused-ring (bicyclic) bond motifs is 4. The first kappa shape index (κ1) is 12.3. The van der Waals surface area contributed by atoms with E-state index in [1.54, 1.807) is 6.20 Å². The van der Waals surface area contributed by atoms with E-state index >= 15 is 0 Å². The smallest absolute Gasteiger partial charge is 0.155 e. The minimum absolute atomic E-state index is 0.739. The zero-order valence-electron chi connectivity index (χ0n) is 12.1. The Bertz CT molecular complexity index is 1180. The molecule has 1 aromatic carbocycles. The average Bonchev–Trinajstić information content (AvgIpc) is 2.99. The van der Waals surface area contributed by atoms with Gasteiger partial charge in [-0.15, -0.1) is 0 Å². The van der Waals surface area contributed by atoms with Gasteiger partial charge in [0.15, 0.2) is 11.2 Å². The second-order valence-electron chi connectivity index (χ2n) is 5.41. The van der Waals surface area contributed by atoms with Crippen molar-refractivity contribution >= 4 is 33.0 Å². The Labute approximate surface area is 131 Å². The first-order valence-corrected chi connectivity index (χ1v) is 7.38. The molecule has 23 heavy (non-hydrogen) atoms. The molecule has 5 rings (SSSR count). The number of pyridine rings is 3. The zero-order valence-corrected chi connectivity index (χ0v) is 12.1. The fourth-order valence-corrected chi connectivity index (χ4v) is 2.83. The molecule has 0 aliphatic carbocycles. The van der Waals surface area contributed by atoms with Crippen LogP contribution in [0.25, 0.3) is 44.4 Å². The highest BCUT2D eigenvalue weighted by atomic mass is 16.3. The van der Waals surface area contributed by atoms with E-state index in [4.69, 9.17) is 9.40 Å². The third-order valence-corrected chi connectivity index (χ3v) is 3.97. The maximum absolute atomic E-state index is 5.77. The number of benzene rings is 1. The molecular formula is C19H11N3O. The molecule has 4 aromatic heterocycles. The maximum atomic E-state index is 5.77. The van der Waals surface area contributed by atoms with Crippen LogP contribution in [0.4, 0.5) is 0 Å². The van der Waals surface area contributed by atoms with Crippen molar-refractivity contribution in [2.75, 3.05) is 0 Å². The van der Waals surface area contributed by atoms with E-state index < -0.39 is 0 Å². The van der Waals surface area contributed by atoms with E-state index in [9.17, 15) is 0 Å². The highest BCUT2D eigenvalue weighted by Crippen LogP contribution is 2.28. The number of hydrogen-bond acceptors (Lipinski definition) is 4. The summed E-state index contributed by atoms with van der Waals surface area (Å²) in [4.78, 5) is 13.6. The van der Waals surface area contributed by atoms with Crippen molar-refractivity contribution in [3.05, 3.63) is 67.0 Å². The molecule has 0 saturated carbocycles. The van der Waals surface area contributed by atoms with Crippen molar-refractivity contribution < 1.29 is 4.42 Å². The molecule has 5 aromatic rings. The number of aromatic nitrogens is 3. The molecule has 108 valence electrons.